The van der Waals surface area contributed by atoms with Crippen LogP contribution in [-0.2, 0) is 0 Å². The molecule has 3 nitrogen and oxygen atoms in total. The van der Waals surface area contributed by atoms with Crippen molar-refractivity contribution >= 4 is 11.0 Å². The fraction of sp³-hybridized carbons (Fsp3) is 0.200. The van der Waals surface area contributed by atoms with Crippen molar-refractivity contribution in [2.24, 2.45) is 5.73 Å². The van der Waals surface area contributed by atoms with Crippen LogP contribution in [0.4, 0.5) is 4.39 Å². The van der Waals surface area contributed by atoms with Crippen molar-refractivity contribution in [1.82, 2.24) is 0 Å². The van der Waals surface area contributed by atoms with Crippen LogP contribution in [-0.4, -0.2) is 11.7 Å². The first-order chi connectivity index (χ1) is 6.72. The minimum Gasteiger partial charge on any atom is -0.464 e. The number of nitrogens with two attached hydrogens (primary N) is 1. The average Bonchev–Trinajstić information content (AvgIpc) is 2.62. The molecule has 74 valence electrons. The molecule has 3 N–H and O–H groups in total. The Morgan fingerprint density at radius 1 is 1.50 bits per heavy atom. The van der Waals surface area contributed by atoms with Gasteiger partial charge in [-0.3, -0.25) is 0 Å². The summed E-state index contributed by atoms with van der Waals surface area (Å²) in [6, 6.07) is 3.91. The van der Waals surface area contributed by atoms with Crippen LogP contribution in [0, 0.1) is 5.82 Å². The van der Waals surface area contributed by atoms with Gasteiger partial charge >= 0.3 is 0 Å². The molecule has 0 spiro atoms. The number of hydrogen-bond donors (Lipinski definition) is 2. The summed E-state index contributed by atoms with van der Waals surface area (Å²) in [4.78, 5) is 0. The van der Waals surface area contributed by atoms with Gasteiger partial charge in [0.1, 0.15) is 11.4 Å². The van der Waals surface area contributed by atoms with E-state index in [9.17, 15) is 4.39 Å². The van der Waals surface area contributed by atoms with E-state index in [2.05, 4.69) is 0 Å². The van der Waals surface area contributed by atoms with E-state index in [0.29, 0.717) is 11.1 Å². The summed E-state index contributed by atoms with van der Waals surface area (Å²) in [5, 5.41) is 9.60. The molecule has 0 radical (unpaired) electrons. The number of aliphatic hydroxyl groups excluding tert-OH is 1. The topological polar surface area (TPSA) is 59.4 Å². The molecule has 0 aliphatic heterocycles. The Kier molecular flexibility index (Phi) is 2.23. The summed E-state index contributed by atoms with van der Waals surface area (Å²) in [5.41, 5.74) is 6.32. The van der Waals surface area contributed by atoms with Gasteiger partial charge in [0.05, 0.1) is 18.9 Å². The minimum atomic E-state index is -0.686. The molecule has 1 atom stereocenters. The zero-order valence-electron chi connectivity index (χ0n) is 7.40. The largest absolute Gasteiger partial charge is 0.464 e. The molecule has 1 unspecified atom stereocenters. The van der Waals surface area contributed by atoms with Crippen molar-refractivity contribution < 1.29 is 13.9 Å². The highest BCUT2D eigenvalue weighted by Gasteiger charge is 2.12. The molecule has 0 saturated heterocycles. The molecule has 2 rings (SSSR count). The number of rotatable bonds is 2. The molecule has 4 heteroatoms. The van der Waals surface area contributed by atoms with Crippen LogP contribution >= 0.6 is 0 Å². The highest BCUT2D eigenvalue weighted by Crippen LogP contribution is 2.23. The summed E-state index contributed by atoms with van der Waals surface area (Å²) >= 11 is 0. The van der Waals surface area contributed by atoms with Crippen molar-refractivity contribution in [3.63, 3.8) is 0 Å². The third-order valence-electron chi connectivity index (χ3n) is 2.17. The molecular formula is C10H10FNO2. The zero-order valence-corrected chi connectivity index (χ0v) is 7.40. The lowest BCUT2D eigenvalue weighted by atomic mass is 10.1. The van der Waals surface area contributed by atoms with E-state index in [1.165, 1.54) is 12.3 Å². The summed E-state index contributed by atoms with van der Waals surface area (Å²) in [5.74, 6) is -0.450. The lowest BCUT2D eigenvalue weighted by molar-refractivity contribution is 0.265. The molecule has 14 heavy (non-hydrogen) atoms. The van der Waals surface area contributed by atoms with Gasteiger partial charge in [-0.2, -0.15) is 0 Å². The van der Waals surface area contributed by atoms with Crippen LogP contribution < -0.4 is 5.73 Å². The third kappa shape index (κ3) is 1.38. The molecular weight excluding hydrogens is 185 g/mol. The van der Waals surface area contributed by atoms with Crippen molar-refractivity contribution in [2.75, 3.05) is 6.61 Å². The van der Waals surface area contributed by atoms with Crippen molar-refractivity contribution in [3.8, 4) is 0 Å². The van der Waals surface area contributed by atoms with Crippen LogP contribution in [0.2, 0.25) is 0 Å². The number of benzene rings is 1. The van der Waals surface area contributed by atoms with Gasteiger partial charge in [-0.1, -0.05) is 0 Å². The highest BCUT2D eigenvalue weighted by molar-refractivity contribution is 5.78. The maximum absolute atomic E-state index is 13.4. The molecule has 0 aliphatic rings. The minimum absolute atomic E-state index is 0.278. The molecule has 1 aromatic carbocycles. The molecule has 1 heterocycles. The monoisotopic (exact) mass is 195 g/mol. The van der Waals surface area contributed by atoms with Gasteiger partial charge in [0, 0.05) is 17.0 Å². The van der Waals surface area contributed by atoms with Gasteiger partial charge in [0.25, 0.3) is 0 Å². The SMILES string of the molecule is NC(CO)c1cc2ccoc2cc1F. The fourth-order valence-electron chi connectivity index (χ4n) is 1.38. The van der Waals surface area contributed by atoms with Gasteiger partial charge in [-0.15, -0.1) is 0 Å². The predicted octanol–water partition coefficient (Wildman–Crippen LogP) is 1.56. The summed E-state index contributed by atoms with van der Waals surface area (Å²) in [7, 11) is 0. The first-order valence-corrected chi connectivity index (χ1v) is 4.25. The van der Waals surface area contributed by atoms with Crippen molar-refractivity contribution in [1.29, 1.82) is 0 Å². The molecule has 2 aromatic rings. The van der Waals surface area contributed by atoms with E-state index in [1.54, 1.807) is 12.1 Å². The van der Waals surface area contributed by atoms with Gasteiger partial charge in [-0.25, -0.2) is 4.39 Å². The normalized spacial score (nSPS) is 13.4. The summed E-state index contributed by atoms with van der Waals surface area (Å²) in [6.07, 6.45) is 1.48. The van der Waals surface area contributed by atoms with Crippen LogP contribution in [0.25, 0.3) is 11.0 Å². The predicted molar refractivity (Wildman–Crippen MR) is 50.2 cm³/mol. The molecule has 0 bridgehead atoms. The number of halogens is 1. The summed E-state index contributed by atoms with van der Waals surface area (Å²) < 4.78 is 18.4. The quantitative estimate of drug-likeness (QED) is 0.764. The fourth-order valence-corrected chi connectivity index (χ4v) is 1.38. The first-order valence-electron chi connectivity index (χ1n) is 4.25. The number of aliphatic hydroxyl groups is 1. The van der Waals surface area contributed by atoms with E-state index in [1.807, 2.05) is 0 Å². The van der Waals surface area contributed by atoms with Crippen LogP contribution in [0.1, 0.15) is 11.6 Å². The van der Waals surface area contributed by atoms with Gasteiger partial charge in [0.15, 0.2) is 0 Å². The van der Waals surface area contributed by atoms with Crippen LogP contribution in [0.5, 0.6) is 0 Å². The summed E-state index contributed by atoms with van der Waals surface area (Å²) in [6.45, 7) is -0.278. The Morgan fingerprint density at radius 2 is 2.29 bits per heavy atom. The molecule has 0 amide bonds. The maximum Gasteiger partial charge on any atom is 0.136 e. The van der Waals surface area contributed by atoms with E-state index < -0.39 is 11.9 Å². The lowest BCUT2D eigenvalue weighted by Gasteiger charge is -2.09. The number of hydrogen-bond acceptors (Lipinski definition) is 3. The smallest absolute Gasteiger partial charge is 0.136 e. The van der Waals surface area contributed by atoms with E-state index in [4.69, 9.17) is 15.3 Å². The second-order valence-electron chi connectivity index (χ2n) is 3.12. The Labute approximate surface area is 79.9 Å². The average molecular weight is 195 g/mol. The molecule has 0 saturated carbocycles. The second kappa shape index (κ2) is 3.40. The van der Waals surface area contributed by atoms with Crippen molar-refractivity contribution in [2.45, 2.75) is 6.04 Å². The number of furan rings is 1. The standard InChI is InChI=1S/C10H10FNO2/c11-8-4-10-6(1-2-14-10)3-7(8)9(12)5-13/h1-4,9,13H,5,12H2. The first kappa shape index (κ1) is 9.18. The molecule has 0 aliphatic carbocycles. The van der Waals surface area contributed by atoms with Crippen LogP contribution in [0.15, 0.2) is 28.9 Å². The highest BCUT2D eigenvalue weighted by atomic mass is 19.1. The third-order valence-corrected chi connectivity index (χ3v) is 2.17. The number of fused-ring (bicyclic) bond motifs is 1. The van der Waals surface area contributed by atoms with Crippen LogP contribution in [0.3, 0.4) is 0 Å². The maximum atomic E-state index is 13.4. The van der Waals surface area contributed by atoms with Gasteiger partial charge in [-0.05, 0) is 12.1 Å². The molecule has 0 fully saturated rings. The van der Waals surface area contributed by atoms with Crippen molar-refractivity contribution in [3.05, 3.63) is 35.8 Å². The zero-order chi connectivity index (χ0) is 10.1. The van der Waals surface area contributed by atoms with E-state index in [-0.39, 0.29) is 6.61 Å². The van der Waals surface area contributed by atoms with Gasteiger partial charge in [0.2, 0.25) is 0 Å². The van der Waals surface area contributed by atoms with Gasteiger partial charge < -0.3 is 15.3 Å². The Hall–Kier alpha value is -1.39. The Bertz CT molecular complexity index is 452. The Balaban J connectivity index is 2.58. The Morgan fingerprint density at radius 3 is 3.00 bits per heavy atom. The lowest BCUT2D eigenvalue weighted by Crippen LogP contribution is -2.15. The van der Waals surface area contributed by atoms with E-state index >= 15 is 0 Å². The molecule has 1 aromatic heterocycles. The van der Waals surface area contributed by atoms with E-state index in [0.717, 1.165) is 5.39 Å². The second-order valence-corrected chi connectivity index (χ2v) is 3.12.